The highest BCUT2D eigenvalue weighted by atomic mass is 16.2. The molecule has 16 heavy (non-hydrogen) atoms. The molecule has 1 saturated heterocycles. The van der Waals surface area contributed by atoms with Crippen LogP contribution in [0.2, 0.25) is 0 Å². The van der Waals surface area contributed by atoms with Crippen molar-refractivity contribution in [3.05, 3.63) is 0 Å². The highest BCUT2D eigenvalue weighted by Crippen LogP contribution is 2.15. The summed E-state index contributed by atoms with van der Waals surface area (Å²) in [6.45, 7) is 2.80. The number of aliphatic imine (C=N–C) groups is 1. The van der Waals surface area contributed by atoms with E-state index in [4.69, 9.17) is 0 Å². The summed E-state index contributed by atoms with van der Waals surface area (Å²) < 4.78 is 0. The lowest BCUT2D eigenvalue weighted by Crippen LogP contribution is -2.26. The minimum absolute atomic E-state index is 0.338. The molecule has 2 aliphatic rings. The predicted molar refractivity (Wildman–Crippen MR) is 65.8 cm³/mol. The summed E-state index contributed by atoms with van der Waals surface area (Å²) in [6, 6.07) is 0. The first-order valence-corrected chi connectivity index (χ1v) is 6.66. The lowest BCUT2D eigenvalue weighted by Gasteiger charge is -2.15. The van der Waals surface area contributed by atoms with E-state index < -0.39 is 0 Å². The van der Waals surface area contributed by atoms with Crippen molar-refractivity contribution in [1.82, 2.24) is 4.90 Å². The molecule has 0 radical (unpaired) electrons. The van der Waals surface area contributed by atoms with Gasteiger partial charge in [0.05, 0.1) is 0 Å². The van der Waals surface area contributed by atoms with Gasteiger partial charge in [0.1, 0.15) is 0 Å². The van der Waals surface area contributed by atoms with Crippen molar-refractivity contribution in [1.29, 1.82) is 0 Å². The number of amides is 1. The molecule has 0 atom stereocenters. The zero-order chi connectivity index (χ0) is 11.2. The molecule has 1 saturated carbocycles. The smallest absolute Gasteiger partial charge is 0.222 e. The zero-order valence-electron chi connectivity index (χ0n) is 10.1. The van der Waals surface area contributed by atoms with E-state index in [1.165, 1.54) is 37.8 Å². The largest absolute Gasteiger partial charge is 0.343 e. The molecule has 2 rings (SSSR count). The van der Waals surface area contributed by atoms with Crippen molar-refractivity contribution in [2.45, 2.75) is 51.4 Å². The fourth-order valence-electron chi connectivity index (χ4n) is 2.56. The molecule has 0 aromatic heterocycles. The van der Waals surface area contributed by atoms with Crippen LogP contribution in [0, 0.1) is 0 Å². The first kappa shape index (κ1) is 11.6. The van der Waals surface area contributed by atoms with Gasteiger partial charge in [0.15, 0.2) is 0 Å². The Labute approximate surface area is 97.9 Å². The molecule has 90 valence electrons. The van der Waals surface area contributed by atoms with Crippen molar-refractivity contribution >= 4 is 11.6 Å². The van der Waals surface area contributed by atoms with E-state index in [-0.39, 0.29) is 0 Å². The number of carbonyl (C=O) groups is 1. The van der Waals surface area contributed by atoms with Gasteiger partial charge in [0.25, 0.3) is 0 Å². The number of rotatable bonds is 4. The van der Waals surface area contributed by atoms with Crippen LogP contribution in [0.5, 0.6) is 0 Å². The van der Waals surface area contributed by atoms with Crippen LogP contribution >= 0.6 is 0 Å². The highest BCUT2D eigenvalue weighted by Gasteiger charge is 2.18. The van der Waals surface area contributed by atoms with Crippen LogP contribution < -0.4 is 0 Å². The average molecular weight is 222 g/mol. The van der Waals surface area contributed by atoms with Crippen molar-refractivity contribution in [2.24, 2.45) is 4.99 Å². The fourth-order valence-corrected chi connectivity index (χ4v) is 2.56. The van der Waals surface area contributed by atoms with Gasteiger partial charge in [-0.05, 0) is 38.5 Å². The summed E-state index contributed by atoms with van der Waals surface area (Å²) >= 11 is 0. The van der Waals surface area contributed by atoms with Gasteiger partial charge < -0.3 is 4.90 Å². The van der Waals surface area contributed by atoms with Crippen LogP contribution in [0.3, 0.4) is 0 Å². The van der Waals surface area contributed by atoms with Gasteiger partial charge in [0, 0.05) is 31.8 Å². The molecule has 1 aliphatic heterocycles. The molecule has 1 amide bonds. The summed E-state index contributed by atoms with van der Waals surface area (Å²) in [7, 11) is 0. The first-order chi connectivity index (χ1) is 7.86. The number of carbonyl (C=O) groups excluding carboxylic acids is 1. The third kappa shape index (κ3) is 3.32. The lowest BCUT2D eigenvalue weighted by atomic mass is 9.98. The van der Waals surface area contributed by atoms with Gasteiger partial charge in [-0.15, -0.1) is 0 Å². The Hall–Kier alpha value is -0.860. The van der Waals surface area contributed by atoms with E-state index in [9.17, 15) is 4.79 Å². The van der Waals surface area contributed by atoms with Crippen LogP contribution in [0.1, 0.15) is 51.4 Å². The number of nitrogens with zero attached hydrogens (tertiary/aromatic N) is 2. The van der Waals surface area contributed by atoms with Gasteiger partial charge in [-0.3, -0.25) is 9.79 Å². The molecule has 0 N–H and O–H groups in total. The predicted octanol–water partition coefficient (Wildman–Crippen LogP) is 2.40. The minimum Gasteiger partial charge on any atom is -0.343 e. The van der Waals surface area contributed by atoms with Crippen molar-refractivity contribution in [3.8, 4) is 0 Å². The Kier molecular flexibility index (Phi) is 4.37. The lowest BCUT2D eigenvalue weighted by molar-refractivity contribution is -0.127. The van der Waals surface area contributed by atoms with Gasteiger partial charge in [-0.25, -0.2) is 0 Å². The van der Waals surface area contributed by atoms with E-state index in [2.05, 4.69) is 4.99 Å². The highest BCUT2D eigenvalue weighted by molar-refractivity contribution is 5.85. The molecule has 0 spiro atoms. The maximum absolute atomic E-state index is 11.4. The van der Waals surface area contributed by atoms with Crippen LogP contribution in [0.25, 0.3) is 0 Å². The topological polar surface area (TPSA) is 32.7 Å². The van der Waals surface area contributed by atoms with Crippen molar-refractivity contribution in [3.63, 3.8) is 0 Å². The third-order valence-electron chi connectivity index (χ3n) is 3.52. The molecule has 3 nitrogen and oxygen atoms in total. The molecular formula is C13H22N2O. The Morgan fingerprint density at radius 2 is 1.88 bits per heavy atom. The van der Waals surface area contributed by atoms with Crippen LogP contribution in [-0.2, 0) is 4.79 Å². The normalized spacial score (nSPS) is 21.6. The zero-order valence-corrected chi connectivity index (χ0v) is 10.1. The SMILES string of the molecule is O=C1CCCN1CCCN=C1CCCCC1. The fraction of sp³-hybridized carbons (Fsp3) is 0.846. The second-order valence-corrected chi connectivity index (χ2v) is 4.85. The van der Waals surface area contributed by atoms with Crippen molar-refractivity contribution < 1.29 is 4.79 Å². The summed E-state index contributed by atoms with van der Waals surface area (Å²) in [5.74, 6) is 0.338. The Balaban J connectivity index is 1.62. The molecule has 0 bridgehead atoms. The second kappa shape index (κ2) is 6.02. The summed E-state index contributed by atoms with van der Waals surface area (Å²) in [4.78, 5) is 18.0. The van der Waals surface area contributed by atoms with E-state index in [0.29, 0.717) is 5.91 Å². The summed E-state index contributed by atoms with van der Waals surface area (Å²) in [6.07, 6.45) is 9.29. The summed E-state index contributed by atoms with van der Waals surface area (Å²) in [5, 5.41) is 0. The van der Waals surface area contributed by atoms with Gasteiger partial charge in [-0.1, -0.05) is 6.42 Å². The van der Waals surface area contributed by atoms with Gasteiger partial charge in [0.2, 0.25) is 5.91 Å². The molecule has 1 aliphatic carbocycles. The van der Waals surface area contributed by atoms with E-state index in [1.807, 2.05) is 4.90 Å². The van der Waals surface area contributed by atoms with Crippen LogP contribution in [0.4, 0.5) is 0 Å². The third-order valence-corrected chi connectivity index (χ3v) is 3.52. The standard InChI is InChI=1S/C13H22N2O/c16-13-8-4-10-15(13)11-5-9-14-12-6-2-1-3-7-12/h1-11H2. The molecular weight excluding hydrogens is 200 g/mol. The van der Waals surface area contributed by atoms with E-state index >= 15 is 0 Å². The van der Waals surface area contributed by atoms with Gasteiger partial charge in [-0.2, -0.15) is 0 Å². The quantitative estimate of drug-likeness (QED) is 0.672. The minimum atomic E-state index is 0.338. The first-order valence-electron chi connectivity index (χ1n) is 6.66. The maximum Gasteiger partial charge on any atom is 0.222 e. The molecule has 3 heteroatoms. The molecule has 0 aromatic rings. The molecule has 0 aromatic carbocycles. The van der Waals surface area contributed by atoms with Crippen molar-refractivity contribution in [2.75, 3.05) is 19.6 Å². The second-order valence-electron chi connectivity index (χ2n) is 4.85. The average Bonchev–Trinajstić information content (AvgIpc) is 2.72. The number of hydrogen-bond acceptors (Lipinski definition) is 2. The monoisotopic (exact) mass is 222 g/mol. The van der Waals surface area contributed by atoms with E-state index in [0.717, 1.165) is 38.9 Å². The van der Waals surface area contributed by atoms with Crippen LogP contribution in [-0.4, -0.2) is 36.2 Å². The summed E-state index contributed by atoms with van der Waals surface area (Å²) in [5.41, 5.74) is 1.42. The maximum atomic E-state index is 11.4. The Morgan fingerprint density at radius 1 is 1.06 bits per heavy atom. The molecule has 2 fully saturated rings. The van der Waals surface area contributed by atoms with Gasteiger partial charge >= 0.3 is 0 Å². The number of likely N-dealkylation sites (tertiary alicyclic amines) is 1. The molecule has 0 unspecified atom stereocenters. The molecule has 1 heterocycles. The van der Waals surface area contributed by atoms with Crippen LogP contribution in [0.15, 0.2) is 4.99 Å². The Morgan fingerprint density at radius 3 is 2.56 bits per heavy atom. The number of hydrogen-bond donors (Lipinski definition) is 0. The van der Waals surface area contributed by atoms with E-state index in [1.54, 1.807) is 0 Å². The Bertz CT molecular complexity index is 265.